The molecule has 10 heteroatoms. The van der Waals surface area contributed by atoms with Crippen LogP contribution in [-0.4, -0.2) is 20.6 Å². The fourth-order valence-corrected chi connectivity index (χ4v) is 3.80. The summed E-state index contributed by atoms with van der Waals surface area (Å²) in [5.74, 6) is 1.22. The number of aliphatic hydroxyl groups excluding tert-OH is 1. The van der Waals surface area contributed by atoms with Gasteiger partial charge in [0, 0.05) is 42.3 Å². The Bertz CT molecular complexity index is 1240. The number of non-ortho nitro benzene ring substituents is 2. The lowest BCUT2D eigenvalue weighted by Gasteiger charge is -2.36. The van der Waals surface area contributed by atoms with E-state index in [0.29, 0.717) is 34.8 Å². The Balaban J connectivity index is 1.58. The molecule has 0 aromatic heterocycles. The highest BCUT2D eigenvalue weighted by Gasteiger charge is 2.34. The largest absolute Gasteiger partial charge is 0.487 e. The van der Waals surface area contributed by atoms with E-state index in [-0.39, 0.29) is 24.6 Å². The van der Waals surface area contributed by atoms with Gasteiger partial charge in [0.2, 0.25) is 0 Å². The first-order valence-corrected chi connectivity index (χ1v) is 10.9. The summed E-state index contributed by atoms with van der Waals surface area (Å²) >= 11 is 0. The smallest absolute Gasteiger partial charge is 0.269 e. The van der Waals surface area contributed by atoms with Crippen LogP contribution in [0.15, 0.2) is 60.7 Å². The van der Waals surface area contributed by atoms with Crippen LogP contribution in [0.25, 0.3) is 0 Å². The highest BCUT2D eigenvalue weighted by atomic mass is 16.6. The summed E-state index contributed by atoms with van der Waals surface area (Å²) in [6.07, 6.45) is -0.343. The molecule has 0 spiro atoms. The quantitative estimate of drug-likeness (QED) is 0.341. The predicted molar refractivity (Wildman–Crippen MR) is 126 cm³/mol. The number of benzene rings is 3. The molecule has 0 fully saturated rings. The minimum Gasteiger partial charge on any atom is -0.487 e. The van der Waals surface area contributed by atoms with Crippen LogP contribution >= 0.6 is 0 Å². The van der Waals surface area contributed by atoms with Crippen molar-refractivity contribution in [3.05, 3.63) is 97.6 Å². The monoisotopic (exact) mass is 480 g/mol. The number of fused-ring (bicyclic) bond motifs is 1. The summed E-state index contributed by atoms with van der Waals surface area (Å²) in [6.45, 7) is 4.01. The highest BCUT2D eigenvalue weighted by Crippen LogP contribution is 2.45. The third-order valence-electron chi connectivity index (χ3n) is 5.59. The Labute approximate surface area is 201 Å². The van der Waals surface area contributed by atoms with Gasteiger partial charge < -0.3 is 19.3 Å². The number of nitro benzene ring substituents is 2. The maximum Gasteiger partial charge on any atom is 0.269 e. The van der Waals surface area contributed by atoms with Crippen LogP contribution in [0.5, 0.6) is 17.2 Å². The fraction of sp³-hybridized carbons (Fsp3) is 0.280. The molecule has 1 heterocycles. The molecule has 0 aliphatic carbocycles. The maximum absolute atomic E-state index is 10.9. The molecule has 182 valence electrons. The number of rotatable bonds is 8. The number of ether oxygens (including phenoxy) is 3. The standard InChI is InChI=1S/C25H24N2O8/c1-25(2)13-21(28)20-11-23(33-14-16-3-7-18(8-4-16)26(29)30)24(12-22(20)35-25)34-15-17-5-9-19(10-6-17)27(31)32/h3-12,21,28H,13-15H2,1-2H3. The Kier molecular flexibility index (Phi) is 6.57. The first kappa shape index (κ1) is 24.0. The van der Waals surface area contributed by atoms with Gasteiger partial charge in [0.25, 0.3) is 11.4 Å². The third-order valence-corrected chi connectivity index (χ3v) is 5.59. The molecule has 1 aliphatic rings. The fourth-order valence-electron chi connectivity index (χ4n) is 3.80. The molecular formula is C25H24N2O8. The molecule has 35 heavy (non-hydrogen) atoms. The van der Waals surface area contributed by atoms with Crippen molar-refractivity contribution in [1.82, 2.24) is 0 Å². The first-order valence-electron chi connectivity index (χ1n) is 10.9. The van der Waals surface area contributed by atoms with E-state index >= 15 is 0 Å². The van der Waals surface area contributed by atoms with Crippen molar-refractivity contribution >= 4 is 11.4 Å². The summed E-state index contributed by atoms with van der Waals surface area (Å²) < 4.78 is 18.0. The SMILES string of the molecule is CC1(C)CC(O)c2cc(OCc3ccc([N+](=O)[O-])cc3)c(OCc3ccc([N+](=O)[O-])cc3)cc2O1. The van der Waals surface area contributed by atoms with Crippen LogP contribution in [0.1, 0.15) is 43.1 Å². The number of hydrogen-bond acceptors (Lipinski definition) is 8. The highest BCUT2D eigenvalue weighted by molar-refractivity contribution is 5.53. The van der Waals surface area contributed by atoms with Crippen molar-refractivity contribution in [2.24, 2.45) is 0 Å². The van der Waals surface area contributed by atoms with E-state index in [1.54, 1.807) is 36.4 Å². The van der Waals surface area contributed by atoms with E-state index < -0.39 is 21.6 Å². The molecule has 10 nitrogen and oxygen atoms in total. The van der Waals surface area contributed by atoms with Gasteiger partial charge in [-0.2, -0.15) is 0 Å². The van der Waals surface area contributed by atoms with E-state index in [4.69, 9.17) is 14.2 Å². The number of nitro groups is 2. The van der Waals surface area contributed by atoms with Crippen LogP contribution in [0.3, 0.4) is 0 Å². The van der Waals surface area contributed by atoms with Crippen molar-refractivity contribution in [2.45, 2.75) is 45.2 Å². The zero-order valence-corrected chi connectivity index (χ0v) is 19.2. The number of nitrogens with zero attached hydrogens (tertiary/aromatic N) is 2. The summed E-state index contributed by atoms with van der Waals surface area (Å²) in [6, 6.07) is 15.4. The zero-order chi connectivity index (χ0) is 25.2. The Morgan fingerprint density at radius 3 is 1.80 bits per heavy atom. The van der Waals surface area contributed by atoms with Crippen LogP contribution in [0.4, 0.5) is 11.4 Å². The lowest BCUT2D eigenvalue weighted by Crippen LogP contribution is -2.34. The van der Waals surface area contributed by atoms with Gasteiger partial charge in [-0.25, -0.2) is 0 Å². The third kappa shape index (κ3) is 5.67. The molecule has 1 atom stereocenters. The summed E-state index contributed by atoms with van der Waals surface area (Å²) in [7, 11) is 0. The van der Waals surface area contributed by atoms with Crippen molar-refractivity contribution < 1.29 is 29.2 Å². The van der Waals surface area contributed by atoms with E-state index in [9.17, 15) is 25.3 Å². The second-order valence-corrected chi connectivity index (χ2v) is 8.84. The first-order chi connectivity index (χ1) is 16.6. The van der Waals surface area contributed by atoms with E-state index in [2.05, 4.69) is 0 Å². The van der Waals surface area contributed by atoms with Crippen molar-refractivity contribution in [3.8, 4) is 17.2 Å². The molecule has 1 unspecified atom stereocenters. The van der Waals surface area contributed by atoms with Crippen molar-refractivity contribution in [3.63, 3.8) is 0 Å². The normalized spacial score (nSPS) is 16.0. The average molecular weight is 480 g/mol. The van der Waals surface area contributed by atoms with Crippen LogP contribution in [-0.2, 0) is 13.2 Å². The van der Waals surface area contributed by atoms with Gasteiger partial charge in [0.15, 0.2) is 11.5 Å². The van der Waals surface area contributed by atoms with Crippen LogP contribution < -0.4 is 14.2 Å². The molecule has 1 aliphatic heterocycles. The van der Waals surface area contributed by atoms with Crippen molar-refractivity contribution in [2.75, 3.05) is 0 Å². The average Bonchev–Trinajstić information content (AvgIpc) is 2.81. The predicted octanol–water partition coefficient (Wildman–Crippen LogP) is 5.26. The minimum atomic E-state index is -0.751. The summed E-state index contributed by atoms with van der Waals surface area (Å²) in [5, 5.41) is 32.4. The molecule has 0 saturated carbocycles. The topological polar surface area (TPSA) is 134 Å². The van der Waals surface area contributed by atoms with Gasteiger partial charge in [0.1, 0.15) is 24.6 Å². The molecule has 3 aromatic rings. The van der Waals surface area contributed by atoms with Gasteiger partial charge in [-0.3, -0.25) is 20.2 Å². The molecule has 4 rings (SSSR count). The molecule has 0 amide bonds. The van der Waals surface area contributed by atoms with Crippen molar-refractivity contribution in [1.29, 1.82) is 0 Å². The molecule has 0 bridgehead atoms. The maximum atomic E-state index is 10.9. The molecule has 0 radical (unpaired) electrons. The van der Waals surface area contributed by atoms with Crippen LogP contribution in [0.2, 0.25) is 0 Å². The lowest BCUT2D eigenvalue weighted by molar-refractivity contribution is -0.385. The van der Waals surface area contributed by atoms with Gasteiger partial charge in [-0.05, 0) is 55.3 Å². The van der Waals surface area contributed by atoms with Gasteiger partial charge >= 0.3 is 0 Å². The Morgan fingerprint density at radius 2 is 1.34 bits per heavy atom. The molecular weight excluding hydrogens is 456 g/mol. The molecule has 3 aromatic carbocycles. The number of hydrogen-bond donors (Lipinski definition) is 1. The Hall–Kier alpha value is -4.18. The Morgan fingerprint density at radius 1 is 0.886 bits per heavy atom. The summed E-state index contributed by atoms with van der Waals surface area (Å²) in [4.78, 5) is 20.8. The van der Waals surface area contributed by atoms with Gasteiger partial charge in [-0.1, -0.05) is 0 Å². The lowest BCUT2D eigenvalue weighted by atomic mass is 9.91. The second-order valence-electron chi connectivity index (χ2n) is 8.84. The van der Waals surface area contributed by atoms with Crippen LogP contribution in [0, 0.1) is 20.2 Å². The van der Waals surface area contributed by atoms with Gasteiger partial charge in [-0.15, -0.1) is 0 Å². The zero-order valence-electron chi connectivity index (χ0n) is 19.2. The van der Waals surface area contributed by atoms with E-state index in [1.807, 2.05) is 13.8 Å². The van der Waals surface area contributed by atoms with E-state index in [1.165, 1.54) is 24.3 Å². The summed E-state index contributed by atoms with van der Waals surface area (Å²) in [5.41, 5.74) is 1.41. The van der Waals surface area contributed by atoms with E-state index in [0.717, 1.165) is 5.56 Å². The molecule has 0 saturated heterocycles. The second kappa shape index (κ2) is 9.59. The molecule has 1 N–H and O–H groups in total. The number of aliphatic hydroxyl groups is 1. The van der Waals surface area contributed by atoms with Gasteiger partial charge in [0.05, 0.1) is 16.0 Å². The minimum absolute atomic E-state index is 0.0146.